The molecule has 19 heavy (non-hydrogen) atoms. The number of aryl methyl sites for hydroxylation is 2. The molecular formula is C16H21NO2. The van der Waals surface area contributed by atoms with E-state index in [1.54, 1.807) is 0 Å². The monoisotopic (exact) mass is 259 g/mol. The van der Waals surface area contributed by atoms with E-state index in [0.717, 1.165) is 25.9 Å². The first-order chi connectivity index (χ1) is 9.24. The molecule has 1 aliphatic carbocycles. The summed E-state index contributed by atoms with van der Waals surface area (Å²) in [6.45, 7) is 1.69. The van der Waals surface area contributed by atoms with Gasteiger partial charge in [0.05, 0.1) is 0 Å². The van der Waals surface area contributed by atoms with Crippen LogP contribution in [0.25, 0.3) is 0 Å². The Kier molecular flexibility index (Phi) is 3.56. The predicted molar refractivity (Wildman–Crippen MR) is 74.2 cm³/mol. The smallest absolute Gasteiger partial charge is 0.320 e. The van der Waals surface area contributed by atoms with Crippen molar-refractivity contribution in [2.75, 3.05) is 6.54 Å². The first-order valence-corrected chi connectivity index (χ1v) is 7.31. The third-order valence-corrected chi connectivity index (χ3v) is 4.45. The molecule has 0 bridgehead atoms. The third kappa shape index (κ3) is 2.66. The molecule has 1 aromatic rings. The fourth-order valence-electron chi connectivity index (χ4n) is 3.41. The molecule has 0 spiro atoms. The topological polar surface area (TPSA) is 40.5 Å². The lowest BCUT2D eigenvalue weighted by Gasteiger charge is -2.22. The number of benzene rings is 1. The number of likely N-dealkylation sites (tertiary alicyclic amines) is 1. The van der Waals surface area contributed by atoms with Gasteiger partial charge >= 0.3 is 5.97 Å². The molecule has 1 atom stereocenters. The minimum atomic E-state index is -0.671. The maximum atomic E-state index is 11.2. The third-order valence-electron chi connectivity index (χ3n) is 4.45. The van der Waals surface area contributed by atoms with Gasteiger partial charge in [-0.2, -0.15) is 0 Å². The van der Waals surface area contributed by atoms with Crippen LogP contribution in [-0.4, -0.2) is 28.6 Å². The van der Waals surface area contributed by atoms with Crippen LogP contribution in [0.4, 0.5) is 0 Å². The van der Waals surface area contributed by atoms with E-state index in [-0.39, 0.29) is 6.04 Å². The highest BCUT2D eigenvalue weighted by atomic mass is 16.4. The molecule has 3 heteroatoms. The molecule has 3 rings (SSSR count). The first kappa shape index (κ1) is 12.7. The van der Waals surface area contributed by atoms with E-state index in [9.17, 15) is 9.90 Å². The Morgan fingerprint density at radius 3 is 2.79 bits per heavy atom. The van der Waals surface area contributed by atoms with E-state index in [4.69, 9.17) is 0 Å². The van der Waals surface area contributed by atoms with Crippen LogP contribution in [0.3, 0.4) is 0 Å². The molecule has 1 fully saturated rings. The van der Waals surface area contributed by atoms with Crippen LogP contribution in [0.2, 0.25) is 0 Å². The van der Waals surface area contributed by atoms with Gasteiger partial charge in [0.1, 0.15) is 6.04 Å². The molecule has 102 valence electrons. The molecule has 0 aromatic heterocycles. The predicted octanol–water partition coefficient (Wildman–Crippen LogP) is 2.61. The quantitative estimate of drug-likeness (QED) is 0.907. The number of fused-ring (bicyclic) bond motifs is 1. The van der Waals surface area contributed by atoms with Crippen molar-refractivity contribution in [3.63, 3.8) is 0 Å². The van der Waals surface area contributed by atoms with Crippen molar-refractivity contribution in [2.45, 2.75) is 51.1 Å². The molecule has 1 saturated heterocycles. The Morgan fingerprint density at radius 2 is 2.00 bits per heavy atom. The van der Waals surface area contributed by atoms with E-state index in [1.807, 2.05) is 0 Å². The van der Waals surface area contributed by atoms with E-state index in [0.29, 0.717) is 0 Å². The second-order valence-corrected chi connectivity index (χ2v) is 5.78. The molecular weight excluding hydrogens is 238 g/mol. The van der Waals surface area contributed by atoms with Crippen molar-refractivity contribution in [3.8, 4) is 0 Å². The van der Waals surface area contributed by atoms with Crippen LogP contribution >= 0.6 is 0 Å². The molecule has 1 N–H and O–H groups in total. The maximum Gasteiger partial charge on any atom is 0.320 e. The molecule has 0 radical (unpaired) electrons. The molecule has 3 nitrogen and oxygen atoms in total. The zero-order valence-corrected chi connectivity index (χ0v) is 11.3. The van der Waals surface area contributed by atoms with Crippen molar-refractivity contribution < 1.29 is 9.90 Å². The number of nitrogens with zero attached hydrogens (tertiary/aromatic N) is 1. The van der Waals surface area contributed by atoms with Gasteiger partial charge in [-0.05, 0) is 61.8 Å². The highest BCUT2D eigenvalue weighted by Gasteiger charge is 2.30. The Bertz CT molecular complexity index is 484. The molecule has 0 amide bonds. The van der Waals surface area contributed by atoms with Crippen LogP contribution in [0.1, 0.15) is 42.4 Å². The SMILES string of the molecule is O=C(O)C1CCCN1Cc1ccc2c(c1)CCCC2. The molecule has 1 aromatic carbocycles. The van der Waals surface area contributed by atoms with Crippen LogP contribution in [0, 0.1) is 0 Å². The number of hydrogen-bond acceptors (Lipinski definition) is 2. The molecule has 0 saturated carbocycles. The van der Waals surface area contributed by atoms with Crippen molar-refractivity contribution in [2.24, 2.45) is 0 Å². The van der Waals surface area contributed by atoms with Gasteiger partial charge in [0.15, 0.2) is 0 Å². The number of hydrogen-bond donors (Lipinski definition) is 1. The van der Waals surface area contributed by atoms with E-state index < -0.39 is 5.97 Å². The average Bonchev–Trinajstić information content (AvgIpc) is 2.87. The Balaban J connectivity index is 1.74. The largest absolute Gasteiger partial charge is 0.480 e. The van der Waals surface area contributed by atoms with Crippen LogP contribution in [-0.2, 0) is 24.2 Å². The summed E-state index contributed by atoms with van der Waals surface area (Å²) in [6.07, 6.45) is 6.78. The zero-order valence-electron chi connectivity index (χ0n) is 11.3. The van der Waals surface area contributed by atoms with Gasteiger partial charge in [-0.3, -0.25) is 9.69 Å². The Labute approximate surface area is 114 Å². The number of carbonyl (C=O) groups is 1. The van der Waals surface area contributed by atoms with Gasteiger partial charge < -0.3 is 5.11 Å². The highest BCUT2D eigenvalue weighted by Crippen LogP contribution is 2.25. The molecule has 2 aliphatic rings. The van der Waals surface area contributed by atoms with Gasteiger partial charge in [-0.15, -0.1) is 0 Å². The lowest BCUT2D eigenvalue weighted by atomic mass is 9.90. The number of carboxylic acid groups (broad SMARTS) is 1. The Morgan fingerprint density at radius 1 is 1.21 bits per heavy atom. The summed E-state index contributed by atoms with van der Waals surface area (Å²) in [4.78, 5) is 13.3. The van der Waals surface area contributed by atoms with E-state index in [1.165, 1.54) is 42.4 Å². The standard InChI is InChI=1S/C16H21NO2/c18-16(19)15-6-3-9-17(15)11-12-7-8-13-4-1-2-5-14(13)10-12/h7-8,10,15H,1-6,9,11H2,(H,18,19). The summed E-state index contributed by atoms with van der Waals surface area (Å²) in [5.74, 6) is -0.671. The summed E-state index contributed by atoms with van der Waals surface area (Å²) in [6, 6.07) is 6.44. The summed E-state index contributed by atoms with van der Waals surface area (Å²) in [5, 5.41) is 9.21. The second kappa shape index (κ2) is 5.33. The van der Waals surface area contributed by atoms with Crippen LogP contribution < -0.4 is 0 Å². The number of aliphatic carboxylic acids is 1. The van der Waals surface area contributed by atoms with Crippen molar-refractivity contribution >= 4 is 5.97 Å². The summed E-state index contributed by atoms with van der Waals surface area (Å²) >= 11 is 0. The summed E-state index contributed by atoms with van der Waals surface area (Å²) < 4.78 is 0. The van der Waals surface area contributed by atoms with Gasteiger partial charge in [0.25, 0.3) is 0 Å². The summed E-state index contributed by atoms with van der Waals surface area (Å²) in [5.41, 5.74) is 4.25. The molecule has 1 aliphatic heterocycles. The minimum Gasteiger partial charge on any atom is -0.480 e. The van der Waals surface area contributed by atoms with Gasteiger partial charge in [0.2, 0.25) is 0 Å². The fraction of sp³-hybridized carbons (Fsp3) is 0.562. The van der Waals surface area contributed by atoms with E-state index in [2.05, 4.69) is 23.1 Å². The first-order valence-electron chi connectivity index (χ1n) is 7.31. The van der Waals surface area contributed by atoms with Crippen molar-refractivity contribution in [1.82, 2.24) is 4.90 Å². The van der Waals surface area contributed by atoms with Gasteiger partial charge in [-0.1, -0.05) is 18.2 Å². The highest BCUT2D eigenvalue weighted by molar-refractivity contribution is 5.73. The zero-order chi connectivity index (χ0) is 13.2. The minimum absolute atomic E-state index is 0.281. The Hall–Kier alpha value is -1.35. The van der Waals surface area contributed by atoms with Crippen LogP contribution in [0.5, 0.6) is 0 Å². The maximum absolute atomic E-state index is 11.2. The number of rotatable bonds is 3. The van der Waals surface area contributed by atoms with Crippen molar-refractivity contribution in [3.05, 3.63) is 34.9 Å². The van der Waals surface area contributed by atoms with Gasteiger partial charge in [0, 0.05) is 6.54 Å². The molecule has 1 heterocycles. The lowest BCUT2D eigenvalue weighted by molar-refractivity contribution is -0.142. The normalized spacial score (nSPS) is 23.3. The van der Waals surface area contributed by atoms with Gasteiger partial charge in [-0.25, -0.2) is 0 Å². The number of carboxylic acids is 1. The summed E-state index contributed by atoms with van der Waals surface area (Å²) in [7, 11) is 0. The second-order valence-electron chi connectivity index (χ2n) is 5.78. The van der Waals surface area contributed by atoms with E-state index >= 15 is 0 Å². The van der Waals surface area contributed by atoms with Crippen LogP contribution in [0.15, 0.2) is 18.2 Å². The average molecular weight is 259 g/mol. The van der Waals surface area contributed by atoms with Crippen molar-refractivity contribution in [1.29, 1.82) is 0 Å². The molecule has 1 unspecified atom stereocenters. The fourth-order valence-corrected chi connectivity index (χ4v) is 3.41. The lowest BCUT2D eigenvalue weighted by Crippen LogP contribution is -2.35.